The minimum absolute atomic E-state index is 0.137. The Labute approximate surface area is 172 Å². The second-order valence-corrected chi connectivity index (χ2v) is 7.16. The predicted molar refractivity (Wildman–Crippen MR) is 116 cm³/mol. The highest BCUT2D eigenvalue weighted by molar-refractivity contribution is 5.96. The first-order chi connectivity index (χ1) is 14.1. The molecule has 0 radical (unpaired) electrons. The molecule has 4 nitrogen and oxygen atoms in total. The number of ketones is 1. The van der Waals surface area contributed by atoms with Gasteiger partial charge in [0.15, 0.2) is 5.78 Å². The first-order valence-corrected chi connectivity index (χ1v) is 9.92. The highest BCUT2D eigenvalue weighted by atomic mass is 16.2. The maximum atomic E-state index is 12.4. The molecule has 148 valence electrons. The predicted octanol–water partition coefficient (Wildman–Crippen LogP) is 4.93. The van der Waals surface area contributed by atoms with E-state index in [2.05, 4.69) is 17.1 Å². The molecule has 3 aromatic rings. The van der Waals surface area contributed by atoms with Gasteiger partial charge >= 0.3 is 0 Å². The van der Waals surface area contributed by atoms with Crippen LogP contribution in [-0.2, 0) is 17.8 Å². The highest BCUT2D eigenvalue weighted by Crippen LogP contribution is 2.21. The number of aromatic nitrogens is 1. The molecule has 1 heterocycles. The molecule has 0 saturated heterocycles. The molecular weight excluding hydrogens is 360 g/mol. The van der Waals surface area contributed by atoms with Crippen molar-refractivity contribution in [1.82, 2.24) is 9.88 Å². The molecule has 0 unspecified atom stereocenters. The van der Waals surface area contributed by atoms with Crippen LogP contribution in [0.25, 0.3) is 11.1 Å². The second kappa shape index (κ2) is 9.78. The zero-order valence-corrected chi connectivity index (χ0v) is 17.0. The maximum absolute atomic E-state index is 12.4. The van der Waals surface area contributed by atoms with E-state index in [9.17, 15) is 9.59 Å². The van der Waals surface area contributed by atoms with Gasteiger partial charge in [-0.05, 0) is 34.7 Å². The standard InChI is InChI=1S/C25H26N2O2/c1-3-25(29)27(2)18-20-6-9-21(10-7-20)22-11-13-23(14-12-22)24(28)15-8-19-5-4-16-26-17-19/h4-7,9-14,16-17H,3,8,15,18H2,1-2H3. The third-order valence-electron chi connectivity index (χ3n) is 5.01. The summed E-state index contributed by atoms with van der Waals surface area (Å²) in [6.07, 6.45) is 5.23. The molecule has 29 heavy (non-hydrogen) atoms. The number of rotatable bonds is 8. The Bertz CT molecular complexity index is 948. The fourth-order valence-electron chi connectivity index (χ4n) is 3.23. The SMILES string of the molecule is CCC(=O)N(C)Cc1ccc(-c2ccc(C(=O)CCc3cccnc3)cc2)cc1. The molecule has 0 bridgehead atoms. The summed E-state index contributed by atoms with van der Waals surface area (Å²) in [6.45, 7) is 2.48. The van der Waals surface area contributed by atoms with Gasteiger partial charge in [-0.15, -0.1) is 0 Å². The van der Waals surface area contributed by atoms with Crippen LogP contribution in [0, 0.1) is 0 Å². The average molecular weight is 386 g/mol. The topological polar surface area (TPSA) is 50.3 Å². The van der Waals surface area contributed by atoms with E-state index in [-0.39, 0.29) is 11.7 Å². The fourth-order valence-corrected chi connectivity index (χ4v) is 3.23. The summed E-state index contributed by atoms with van der Waals surface area (Å²) in [4.78, 5) is 30.0. The number of aryl methyl sites for hydroxylation is 1. The first kappa shape index (κ1) is 20.5. The normalized spacial score (nSPS) is 10.6. The van der Waals surface area contributed by atoms with Crippen molar-refractivity contribution < 1.29 is 9.59 Å². The second-order valence-electron chi connectivity index (χ2n) is 7.16. The molecule has 0 aliphatic rings. The lowest BCUT2D eigenvalue weighted by molar-refractivity contribution is -0.130. The minimum atomic E-state index is 0.137. The number of carbonyl (C=O) groups excluding carboxylic acids is 2. The van der Waals surface area contributed by atoms with Crippen molar-refractivity contribution in [3.8, 4) is 11.1 Å². The van der Waals surface area contributed by atoms with Gasteiger partial charge in [-0.1, -0.05) is 61.5 Å². The van der Waals surface area contributed by atoms with Crippen molar-refractivity contribution in [2.24, 2.45) is 0 Å². The van der Waals surface area contributed by atoms with Gasteiger partial charge in [-0.2, -0.15) is 0 Å². The van der Waals surface area contributed by atoms with Gasteiger partial charge in [-0.3, -0.25) is 14.6 Å². The number of hydrogen-bond acceptors (Lipinski definition) is 3. The highest BCUT2D eigenvalue weighted by Gasteiger charge is 2.09. The monoisotopic (exact) mass is 386 g/mol. The van der Waals surface area contributed by atoms with Crippen LogP contribution in [0.4, 0.5) is 0 Å². The molecule has 0 atom stereocenters. The number of benzene rings is 2. The molecule has 1 aromatic heterocycles. The van der Waals surface area contributed by atoms with Crippen molar-refractivity contribution in [3.05, 3.63) is 89.7 Å². The van der Waals surface area contributed by atoms with Crippen LogP contribution < -0.4 is 0 Å². The lowest BCUT2D eigenvalue weighted by atomic mass is 9.99. The number of pyridine rings is 1. The Morgan fingerprint density at radius 2 is 1.55 bits per heavy atom. The smallest absolute Gasteiger partial charge is 0.222 e. The number of carbonyl (C=O) groups is 2. The number of Topliss-reactive ketones (excluding diaryl/α,β-unsaturated/α-hetero) is 1. The Hall–Kier alpha value is -3.27. The zero-order valence-electron chi connectivity index (χ0n) is 17.0. The lowest BCUT2D eigenvalue weighted by Gasteiger charge is -2.16. The zero-order chi connectivity index (χ0) is 20.6. The van der Waals surface area contributed by atoms with E-state index in [0.717, 1.165) is 27.8 Å². The largest absolute Gasteiger partial charge is 0.341 e. The van der Waals surface area contributed by atoms with Crippen LogP contribution in [0.3, 0.4) is 0 Å². The van der Waals surface area contributed by atoms with Crippen LogP contribution in [0.15, 0.2) is 73.1 Å². The third-order valence-corrected chi connectivity index (χ3v) is 5.01. The van der Waals surface area contributed by atoms with E-state index in [1.165, 1.54) is 0 Å². The van der Waals surface area contributed by atoms with Crippen LogP contribution in [-0.4, -0.2) is 28.6 Å². The van der Waals surface area contributed by atoms with Crippen molar-refractivity contribution in [1.29, 1.82) is 0 Å². The maximum Gasteiger partial charge on any atom is 0.222 e. The lowest BCUT2D eigenvalue weighted by Crippen LogP contribution is -2.25. The van der Waals surface area contributed by atoms with Gasteiger partial charge in [0.2, 0.25) is 5.91 Å². The molecule has 4 heteroatoms. The molecule has 0 aliphatic heterocycles. The summed E-state index contributed by atoms with van der Waals surface area (Å²) >= 11 is 0. The summed E-state index contributed by atoms with van der Waals surface area (Å²) in [5.41, 5.74) is 5.06. The molecule has 0 aliphatic carbocycles. The van der Waals surface area contributed by atoms with Crippen molar-refractivity contribution in [2.75, 3.05) is 7.05 Å². The number of hydrogen-bond donors (Lipinski definition) is 0. The van der Waals surface area contributed by atoms with Crippen LogP contribution >= 0.6 is 0 Å². The Morgan fingerprint density at radius 1 is 0.897 bits per heavy atom. The van der Waals surface area contributed by atoms with E-state index in [1.54, 1.807) is 17.3 Å². The van der Waals surface area contributed by atoms with Crippen molar-refractivity contribution in [2.45, 2.75) is 32.7 Å². The molecule has 1 amide bonds. The molecule has 0 fully saturated rings. The fraction of sp³-hybridized carbons (Fsp3) is 0.240. The summed E-state index contributed by atoms with van der Waals surface area (Å²) < 4.78 is 0. The van der Waals surface area contributed by atoms with Gasteiger partial charge < -0.3 is 4.90 Å². The van der Waals surface area contributed by atoms with E-state index in [0.29, 0.717) is 25.8 Å². The third kappa shape index (κ3) is 5.61. The molecule has 0 N–H and O–H groups in total. The van der Waals surface area contributed by atoms with E-state index >= 15 is 0 Å². The van der Waals surface area contributed by atoms with Crippen molar-refractivity contribution >= 4 is 11.7 Å². The molecule has 0 saturated carbocycles. The number of amides is 1. The van der Waals surface area contributed by atoms with Gasteiger partial charge in [0.1, 0.15) is 0 Å². The average Bonchev–Trinajstić information content (AvgIpc) is 2.78. The summed E-state index contributed by atoms with van der Waals surface area (Å²) in [7, 11) is 1.82. The molecule has 2 aromatic carbocycles. The molecular formula is C25H26N2O2. The van der Waals surface area contributed by atoms with Crippen LogP contribution in [0.2, 0.25) is 0 Å². The molecule has 3 rings (SSSR count). The minimum Gasteiger partial charge on any atom is -0.341 e. The Morgan fingerprint density at radius 3 is 2.14 bits per heavy atom. The number of nitrogens with zero attached hydrogens (tertiary/aromatic N) is 2. The molecule has 0 spiro atoms. The Balaban J connectivity index is 1.60. The summed E-state index contributed by atoms with van der Waals surface area (Å²) in [6, 6.07) is 19.8. The van der Waals surface area contributed by atoms with Crippen molar-refractivity contribution in [3.63, 3.8) is 0 Å². The summed E-state index contributed by atoms with van der Waals surface area (Å²) in [5.74, 6) is 0.275. The van der Waals surface area contributed by atoms with Gasteiger partial charge in [-0.25, -0.2) is 0 Å². The van der Waals surface area contributed by atoms with Gasteiger partial charge in [0.05, 0.1) is 0 Å². The summed E-state index contributed by atoms with van der Waals surface area (Å²) in [5, 5.41) is 0. The van der Waals surface area contributed by atoms with Crippen LogP contribution in [0.1, 0.15) is 41.3 Å². The van der Waals surface area contributed by atoms with E-state index in [4.69, 9.17) is 0 Å². The van der Waals surface area contributed by atoms with Crippen LogP contribution in [0.5, 0.6) is 0 Å². The van der Waals surface area contributed by atoms with E-state index < -0.39 is 0 Å². The van der Waals surface area contributed by atoms with Gasteiger partial charge in [0.25, 0.3) is 0 Å². The van der Waals surface area contributed by atoms with Gasteiger partial charge in [0, 0.05) is 44.4 Å². The Kier molecular flexibility index (Phi) is 6.90. The van der Waals surface area contributed by atoms with E-state index in [1.807, 2.05) is 62.5 Å². The first-order valence-electron chi connectivity index (χ1n) is 9.92. The quantitative estimate of drug-likeness (QED) is 0.516.